The molecule has 0 spiro atoms. The van der Waals surface area contributed by atoms with Crippen LogP contribution >= 0.6 is 15.9 Å². The molecule has 1 saturated heterocycles. The van der Waals surface area contributed by atoms with Crippen LogP contribution in [0.3, 0.4) is 0 Å². The van der Waals surface area contributed by atoms with Gasteiger partial charge < -0.3 is 16.0 Å². The van der Waals surface area contributed by atoms with E-state index < -0.39 is 0 Å². The first-order chi connectivity index (χ1) is 10.5. The summed E-state index contributed by atoms with van der Waals surface area (Å²) in [6.45, 7) is 2.72. The third-order valence-corrected chi connectivity index (χ3v) is 4.53. The summed E-state index contributed by atoms with van der Waals surface area (Å²) in [7, 11) is 0. The van der Waals surface area contributed by atoms with Crippen molar-refractivity contribution in [2.45, 2.75) is 38.3 Å². The van der Waals surface area contributed by atoms with E-state index in [1.807, 2.05) is 29.2 Å². The van der Waals surface area contributed by atoms with Gasteiger partial charge >= 0.3 is 0 Å². The summed E-state index contributed by atoms with van der Waals surface area (Å²) in [5.74, 6) is -0.0906. The monoisotopic (exact) mass is 367 g/mol. The fraction of sp³-hybridized carbons (Fsp3) is 0.500. The van der Waals surface area contributed by atoms with Gasteiger partial charge in [0.2, 0.25) is 11.8 Å². The van der Waals surface area contributed by atoms with E-state index in [4.69, 9.17) is 5.73 Å². The number of nitrogens with zero attached hydrogens (tertiary/aromatic N) is 1. The third-order valence-electron chi connectivity index (χ3n) is 4.00. The molecule has 0 saturated carbocycles. The minimum absolute atomic E-state index is 0.0506. The number of benzene rings is 1. The zero-order chi connectivity index (χ0) is 16.1. The molecule has 2 rings (SSSR count). The Morgan fingerprint density at radius 2 is 2.09 bits per heavy atom. The lowest BCUT2D eigenvalue weighted by molar-refractivity contribution is -0.132. The smallest absolute Gasteiger partial charge is 0.225 e. The van der Waals surface area contributed by atoms with Crippen molar-refractivity contribution in [1.82, 2.24) is 10.2 Å². The molecular weight excluding hydrogens is 346 g/mol. The van der Waals surface area contributed by atoms with Gasteiger partial charge in [-0.3, -0.25) is 9.59 Å². The summed E-state index contributed by atoms with van der Waals surface area (Å²) in [5, 5.41) is 2.87. The summed E-state index contributed by atoms with van der Waals surface area (Å²) in [4.78, 5) is 25.9. The quantitative estimate of drug-likeness (QED) is 0.835. The second-order valence-corrected chi connectivity index (χ2v) is 6.54. The Morgan fingerprint density at radius 3 is 2.68 bits per heavy atom. The summed E-state index contributed by atoms with van der Waals surface area (Å²) in [6, 6.07) is 7.48. The van der Waals surface area contributed by atoms with Crippen LogP contribution in [0.5, 0.6) is 0 Å². The molecule has 6 heteroatoms. The van der Waals surface area contributed by atoms with Crippen molar-refractivity contribution in [3.05, 3.63) is 34.3 Å². The first kappa shape index (κ1) is 17.0. The molecule has 0 bridgehead atoms. The maximum absolute atomic E-state index is 12.6. The second-order valence-electron chi connectivity index (χ2n) is 5.63. The van der Waals surface area contributed by atoms with Crippen molar-refractivity contribution in [3.8, 4) is 0 Å². The lowest BCUT2D eigenvalue weighted by Gasteiger charge is -2.26. The topological polar surface area (TPSA) is 75.4 Å². The maximum atomic E-state index is 12.6. The third kappa shape index (κ3) is 4.30. The molecule has 1 fully saturated rings. The highest BCUT2D eigenvalue weighted by Crippen LogP contribution is 2.23. The highest BCUT2D eigenvalue weighted by Gasteiger charge is 2.29. The van der Waals surface area contributed by atoms with E-state index in [1.165, 1.54) is 6.92 Å². The van der Waals surface area contributed by atoms with Crippen molar-refractivity contribution in [2.24, 2.45) is 5.73 Å². The van der Waals surface area contributed by atoms with E-state index in [9.17, 15) is 9.59 Å². The van der Waals surface area contributed by atoms with E-state index in [1.54, 1.807) is 0 Å². The minimum Gasteiger partial charge on any atom is -0.349 e. The molecule has 2 amide bonds. The summed E-state index contributed by atoms with van der Waals surface area (Å²) in [6.07, 6.45) is 2.22. The summed E-state index contributed by atoms with van der Waals surface area (Å²) >= 11 is 3.39. The Labute approximate surface area is 139 Å². The predicted molar refractivity (Wildman–Crippen MR) is 89.1 cm³/mol. The number of nitrogens with two attached hydrogens (primary N) is 1. The van der Waals surface area contributed by atoms with Gasteiger partial charge in [-0.25, -0.2) is 0 Å². The molecule has 1 aliphatic rings. The Hall–Kier alpha value is -1.40. The fourth-order valence-electron chi connectivity index (χ4n) is 2.89. The van der Waals surface area contributed by atoms with Crippen molar-refractivity contribution in [2.75, 3.05) is 13.1 Å². The van der Waals surface area contributed by atoms with Crippen molar-refractivity contribution < 1.29 is 9.59 Å². The molecular formula is C16H22BrN3O2. The number of carbonyl (C=O) groups excluding carboxylic acids is 2. The molecule has 1 aromatic rings. The van der Waals surface area contributed by atoms with Crippen LogP contribution in [0.2, 0.25) is 0 Å². The number of hydrogen-bond donors (Lipinski definition) is 2. The van der Waals surface area contributed by atoms with Crippen LogP contribution in [0, 0.1) is 0 Å². The van der Waals surface area contributed by atoms with Crippen LogP contribution in [-0.2, 0) is 9.59 Å². The molecule has 1 aromatic carbocycles. The molecule has 0 radical (unpaired) electrons. The van der Waals surface area contributed by atoms with Crippen molar-refractivity contribution in [1.29, 1.82) is 0 Å². The van der Waals surface area contributed by atoms with E-state index in [0.29, 0.717) is 6.54 Å². The van der Waals surface area contributed by atoms with Gasteiger partial charge in [-0.2, -0.15) is 0 Å². The maximum Gasteiger partial charge on any atom is 0.225 e. The molecule has 0 aliphatic carbocycles. The summed E-state index contributed by atoms with van der Waals surface area (Å²) in [5.41, 5.74) is 6.66. The van der Waals surface area contributed by atoms with Gasteiger partial charge in [-0.05, 0) is 30.5 Å². The van der Waals surface area contributed by atoms with E-state index in [2.05, 4.69) is 21.2 Å². The number of likely N-dealkylation sites (tertiary alicyclic amines) is 1. The van der Waals surface area contributed by atoms with Gasteiger partial charge in [0, 0.05) is 30.5 Å². The highest BCUT2D eigenvalue weighted by atomic mass is 79.9. The van der Waals surface area contributed by atoms with Crippen LogP contribution in [0.1, 0.15) is 37.8 Å². The molecule has 120 valence electrons. The standard InChI is InChI=1S/C16H22BrN3O2/c1-11(21)19-15(12-4-6-13(17)7-5-12)9-16(22)20-8-2-3-14(20)10-18/h4-7,14-15H,2-3,8-10,18H2,1H3,(H,19,21)/t14-,15-/m0/s1. The molecule has 2 atom stereocenters. The lowest BCUT2D eigenvalue weighted by atomic mass is 10.0. The average Bonchev–Trinajstić information content (AvgIpc) is 2.95. The van der Waals surface area contributed by atoms with E-state index in [0.717, 1.165) is 29.4 Å². The molecule has 1 aliphatic heterocycles. The molecule has 5 nitrogen and oxygen atoms in total. The van der Waals surface area contributed by atoms with Crippen LogP contribution in [0.25, 0.3) is 0 Å². The number of rotatable bonds is 5. The number of hydrogen-bond acceptors (Lipinski definition) is 3. The van der Waals surface area contributed by atoms with Crippen molar-refractivity contribution in [3.63, 3.8) is 0 Å². The number of amides is 2. The number of nitrogens with one attached hydrogen (secondary N) is 1. The zero-order valence-electron chi connectivity index (χ0n) is 12.7. The normalized spacial score (nSPS) is 19.0. The van der Waals surface area contributed by atoms with Gasteiger partial charge in [0.05, 0.1) is 12.5 Å². The number of carbonyl (C=O) groups is 2. The first-order valence-corrected chi connectivity index (χ1v) is 8.32. The van der Waals surface area contributed by atoms with Gasteiger partial charge in [0.25, 0.3) is 0 Å². The van der Waals surface area contributed by atoms with Crippen LogP contribution in [0.15, 0.2) is 28.7 Å². The van der Waals surface area contributed by atoms with E-state index >= 15 is 0 Å². The van der Waals surface area contributed by atoms with E-state index in [-0.39, 0.29) is 30.3 Å². The molecule has 3 N–H and O–H groups in total. The lowest BCUT2D eigenvalue weighted by Crippen LogP contribution is -2.41. The largest absolute Gasteiger partial charge is 0.349 e. The van der Waals surface area contributed by atoms with Gasteiger partial charge in [0.1, 0.15) is 0 Å². The van der Waals surface area contributed by atoms with Crippen LogP contribution in [0.4, 0.5) is 0 Å². The molecule has 22 heavy (non-hydrogen) atoms. The van der Waals surface area contributed by atoms with Crippen LogP contribution < -0.4 is 11.1 Å². The van der Waals surface area contributed by atoms with Gasteiger partial charge in [-0.15, -0.1) is 0 Å². The minimum atomic E-state index is -0.308. The second kappa shape index (κ2) is 7.74. The highest BCUT2D eigenvalue weighted by molar-refractivity contribution is 9.10. The molecule has 1 heterocycles. The van der Waals surface area contributed by atoms with Gasteiger partial charge in [-0.1, -0.05) is 28.1 Å². The SMILES string of the molecule is CC(=O)N[C@@H](CC(=O)N1CCC[C@H]1CN)c1ccc(Br)cc1. The number of halogens is 1. The Morgan fingerprint density at radius 1 is 1.41 bits per heavy atom. The average molecular weight is 368 g/mol. The van der Waals surface area contributed by atoms with Crippen molar-refractivity contribution >= 4 is 27.7 Å². The predicted octanol–water partition coefficient (Wildman–Crippen LogP) is 1.97. The zero-order valence-corrected chi connectivity index (χ0v) is 14.3. The Bertz CT molecular complexity index is 533. The Kier molecular flexibility index (Phi) is 5.97. The Balaban J connectivity index is 2.10. The molecule has 0 unspecified atom stereocenters. The van der Waals surface area contributed by atoms with Crippen LogP contribution in [-0.4, -0.2) is 35.8 Å². The van der Waals surface area contributed by atoms with Gasteiger partial charge in [0.15, 0.2) is 0 Å². The summed E-state index contributed by atoms with van der Waals surface area (Å²) < 4.78 is 0.965. The fourth-order valence-corrected chi connectivity index (χ4v) is 3.16. The molecule has 0 aromatic heterocycles. The first-order valence-electron chi connectivity index (χ1n) is 7.53.